The summed E-state index contributed by atoms with van der Waals surface area (Å²) in [6.07, 6.45) is 7.22. The second kappa shape index (κ2) is 4.01. The van der Waals surface area contributed by atoms with Gasteiger partial charge in [-0.1, -0.05) is 50.6 Å². The van der Waals surface area contributed by atoms with Crippen molar-refractivity contribution in [3.05, 3.63) is 34.9 Å². The number of alkyl halides is 1. The number of carbonyl (C=O) groups excluding carboxylic acids is 2. The fourth-order valence-corrected chi connectivity index (χ4v) is 5.56. The molecule has 0 unspecified atom stereocenters. The van der Waals surface area contributed by atoms with E-state index in [1.165, 1.54) is 6.08 Å². The molecule has 3 aliphatic rings. The molecule has 0 aromatic rings. The number of Topliss-reactive ketones (excluding diaryl/α,β-unsaturated/α-hetero) is 1. The molecule has 0 heterocycles. The maximum atomic E-state index is 12.6. The van der Waals surface area contributed by atoms with Gasteiger partial charge >= 0.3 is 0 Å². The minimum atomic E-state index is -0.785. The minimum absolute atomic E-state index is 0.0233. The van der Waals surface area contributed by atoms with Crippen LogP contribution in [0.3, 0.4) is 0 Å². The lowest BCUT2D eigenvalue weighted by atomic mass is 9.65. The summed E-state index contributed by atoms with van der Waals surface area (Å²) in [5, 5.41) is 0. The summed E-state index contributed by atoms with van der Waals surface area (Å²) in [5.74, 6) is 0.0243. The SMILES string of the molecule is C=C(Br)C[C@@]12C=C[C@@H](C1)[C@@H]1C(=O)C(C)=CC(=O)[C@@]12Br. The van der Waals surface area contributed by atoms with E-state index in [-0.39, 0.29) is 28.8 Å². The van der Waals surface area contributed by atoms with Crippen molar-refractivity contribution in [2.45, 2.75) is 24.1 Å². The molecule has 3 aliphatic carbocycles. The molecule has 0 amide bonds. The van der Waals surface area contributed by atoms with Gasteiger partial charge in [-0.05, 0) is 41.8 Å². The zero-order valence-electron chi connectivity index (χ0n) is 10.6. The first-order valence-corrected chi connectivity index (χ1v) is 7.89. The molecule has 0 spiro atoms. The van der Waals surface area contributed by atoms with Crippen molar-refractivity contribution < 1.29 is 9.59 Å². The number of ketones is 2. The Bertz CT molecular complexity index is 575. The number of carbonyl (C=O) groups is 2. The van der Waals surface area contributed by atoms with Crippen molar-refractivity contribution in [1.29, 1.82) is 0 Å². The van der Waals surface area contributed by atoms with E-state index in [9.17, 15) is 9.59 Å². The maximum absolute atomic E-state index is 12.6. The molecular formula is C15H14Br2O2. The molecule has 0 N–H and O–H groups in total. The summed E-state index contributed by atoms with van der Waals surface area (Å²) in [7, 11) is 0. The molecule has 1 saturated carbocycles. The van der Waals surface area contributed by atoms with Crippen LogP contribution in [0.2, 0.25) is 0 Å². The molecule has 3 rings (SSSR count). The van der Waals surface area contributed by atoms with Gasteiger partial charge in [0.25, 0.3) is 0 Å². The van der Waals surface area contributed by atoms with Crippen LogP contribution in [0.4, 0.5) is 0 Å². The van der Waals surface area contributed by atoms with Gasteiger partial charge in [0.15, 0.2) is 11.6 Å². The number of hydrogen-bond acceptors (Lipinski definition) is 2. The van der Waals surface area contributed by atoms with Gasteiger partial charge in [0, 0.05) is 5.41 Å². The van der Waals surface area contributed by atoms with E-state index in [4.69, 9.17) is 0 Å². The fraction of sp³-hybridized carbons (Fsp3) is 0.467. The molecule has 0 radical (unpaired) electrons. The molecule has 0 saturated heterocycles. The summed E-state index contributed by atoms with van der Waals surface area (Å²) in [5.41, 5.74) is 0.256. The summed E-state index contributed by atoms with van der Waals surface area (Å²) >= 11 is 7.08. The Morgan fingerprint density at radius 3 is 2.84 bits per heavy atom. The minimum Gasteiger partial charge on any atom is -0.294 e. The third-order valence-corrected chi connectivity index (χ3v) is 6.68. The van der Waals surface area contributed by atoms with Crippen molar-refractivity contribution in [1.82, 2.24) is 0 Å². The van der Waals surface area contributed by atoms with Crippen LogP contribution in [0.1, 0.15) is 19.8 Å². The lowest BCUT2D eigenvalue weighted by Gasteiger charge is -2.44. The smallest absolute Gasteiger partial charge is 0.174 e. The van der Waals surface area contributed by atoms with Crippen LogP contribution in [-0.2, 0) is 9.59 Å². The van der Waals surface area contributed by atoms with Gasteiger partial charge in [-0.25, -0.2) is 0 Å². The molecule has 2 nitrogen and oxygen atoms in total. The molecule has 0 aliphatic heterocycles. The fourth-order valence-electron chi connectivity index (χ4n) is 3.96. The Balaban J connectivity index is 2.17. The van der Waals surface area contributed by atoms with Crippen LogP contribution in [0.25, 0.3) is 0 Å². The lowest BCUT2D eigenvalue weighted by Crippen LogP contribution is -2.54. The van der Waals surface area contributed by atoms with Crippen molar-refractivity contribution in [2.24, 2.45) is 17.3 Å². The number of rotatable bonds is 2. The van der Waals surface area contributed by atoms with Crippen LogP contribution in [-0.4, -0.2) is 15.9 Å². The number of hydrogen-bond donors (Lipinski definition) is 0. The van der Waals surface area contributed by atoms with E-state index in [0.717, 1.165) is 10.9 Å². The first kappa shape index (κ1) is 13.5. The zero-order valence-corrected chi connectivity index (χ0v) is 13.8. The Labute approximate surface area is 129 Å². The Morgan fingerprint density at radius 1 is 1.53 bits per heavy atom. The van der Waals surface area contributed by atoms with E-state index >= 15 is 0 Å². The largest absolute Gasteiger partial charge is 0.294 e. The van der Waals surface area contributed by atoms with E-state index in [1.807, 2.05) is 0 Å². The highest BCUT2D eigenvalue weighted by Crippen LogP contribution is 2.67. The highest BCUT2D eigenvalue weighted by atomic mass is 79.9. The zero-order chi connectivity index (χ0) is 14.0. The van der Waals surface area contributed by atoms with Gasteiger partial charge in [0.05, 0.1) is 5.92 Å². The molecule has 0 aromatic carbocycles. The van der Waals surface area contributed by atoms with Gasteiger partial charge in [0.2, 0.25) is 0 Å². The van der Waals surface area contributed by atoms with Gasteiger partial charge in [0.1, 0.15) is 4.32 Å². The van der Waals surface area contributed by atoms with Crippen molar-refractivity contribution in [3.8, 4) is 0 Å². The second-order valence-corrected chi connectivity index (χ2v) is 8.19. The first-order valence-electron chi connectivity index (χ1n) is 6.30. The summed E-state index contributed by atoms with van der Waals surface area (Å²) in [6, 6.07) is 0. The highest BCUT2D eigenvalue weighted by molar-refractivity contribution is 9.11. The molecule has 4 atom stereocenters. The Hall–Kier alpha value is -0.480. The lowest BCUT2D eigenvalue weighted by molar-refractivity contribution is -0.129. The molecule has 19 heavy (non-hydrogen) atoms. The molecular weight excluding hydrogens is 372 g/mol. The second-order valence-electron chi connectivity index (χ2n) is 5.82. The van der Waals surface area contributed by atoms with Crippen molar-refractivity contribution in [2.75, 3.05) is 0 Å². The average Bonchev–Trinajstić information content (AvgIpc) is 2.80. The van der Waals surface area contributed by atoms with Gasteiger partial charge < -0.3 is 0 Å². The summed E-state index contributed by atoms with van der Waals surface area (Å²) < 4.78 is 0.0796. The van der Waals surface area contributed by atoms with Crippen LogP contribution in [0.15, 0.2) is 34.9 Å². The molecule has 4 heteroatoms. The van der Waals surface area contributed by atoms with Crippen LogP contribution in [0, 0.1) is 17.3 Å². The quantitative estimate of drug-likeness (QED) is 0.536. The predicted octanol–water partition coefficient (Wildman–Crippen LogP) is 3.71. The first-order chi connectivity index (χ1) is 8.82. The topological polar surface area (TPSA) is 34.1 Å². The van der Waals surface area contributed by atoms with Crippen LogP contribution >= 0.6 is 31.9 Å². The standard InChI is InChI=1S/C15H14Br2O2/c1-8-5-11(18)15(17)12(13(8)19)10-3-4-14(15,7-10)6-9(2)16/h3-5,10,12H,2,6-7H2,1H3/t10-,12+,14-,15+/m0/s1. The average molecular weight is 386 g/mol. The van der Waals surface area contributed by atoms with Gasteiger partial charge in [-0.3, -0.25) is 9.59 Å². The number of halogens is 2. The molecule has 100 valence electrons. The van der Waals surface area contributed by atoms with E-state index < -0.39 is 4.32 Å². The predicted molar refractivity (Wildman–Crippen MR) is 81.3 cm³/mol. The van der Waals surface area contributed by atoms with Crippen LogP contribution < -0.4 is 0 Å². The van der Waals surface area contributed by atoms with E-state index in [2.05, 4.69) is 50.6 Å². The molecule has 0 aromatic heterocycles. The number of allylic oxidation sites excluding steroid dienone is 5. The Kier molecular flexibility index (Phi) is 2.85. The summed E-state index contributed by atoms with van der Waals surface area (Å²) in [6.45, 7) is 5.64. The van der Waals surface area contributed by atoms with E-state index in [1.54, 1.807) is 6.92 Å². The third-order valence-electron chi connectivity index (χ3n) is 4.73. The van der Waals surface area contributed by atoms with Crippen molar-refractivity contribution in [3.63, 3.8) is 0 Å². The van der Waals surface area contributed by atoms with Crippen molar-refractivity contribution >= 4 is 43.4 Å². The van der Waals surface area contributed by atoms with Gasteiger partial charge in [-0.2, -0.15) is 0 Å². The molecule has 1 fully saturated rings. The van der Waals surface area contributed by atoms with E-state index in [0.29, 0.717) is 12.0 Å². The Morgan fingerprint density at radius 2 is 2.21 bits per heavy atom. The third kappa shape index (κ3) is 1.53. The normalized spacial score (nSPS) is 43.4. The monoisotopic (exact) mass is 384 g/mol. The highest BCUT2D eigenvalue weighted by Gasteiger charge is 2.69. The maximum Gasteiger partial charge on any atom is 0.174 e. The van der Waals surface area contributed by atoms with Crippen LogP contribution in [0.5, 0.6) is 0 Å². The number of fused-ring (bicyclic) bond motifs is 5. The molecule has 2 bridgehead atoms. The van der Waals surface area contributed by atoms with Gasteiger partial charge in [-0.15, -0.1) is 0 Å². The summed E-state index contributed by atoms with van der Waals surface area (Å²) in [4.78, 5) is 25.0.